The molecule has 19 heavy (non-hydrogen) atoms. The minimum Gasteiger partial charge on any atom is -0.329 e. The number of nitrogens with two attached hydrogens (primary N) is 1. The van der Waals surface area contributed by atoms with Gasteiger partial charge in [-0.3, -0.25) is 4.90 Å². The predicted molar refractivity (Wildman–Crippen MR) is 85.1 cm³/mol. The van der Waals surface area contributed by atoms with Gasteiger partial charge in [-0.15, -0.1) is 0 Å². The molecule has 2 N–H and O–H groups in total. The van der Waals surface area contributed by atoms with Gasteiger partial charge in [0.05, 0.1) is 0 Å². The summed E-state index contributed by atoms with van der Waals surface area (Å²) in [5.74, 6) is 0.933. The van der Waals surface area contributed by atoms with E-state index in [4.69, 9.17) is 5.73 Å². The van der Waals surface area contributed by atoms with E-state index in [-0.39, 0.29) is 0 Å². The Balaban J connectivity index is 1.99. The van der Waals surface area contributed by atoms with Crippen LogP contribution in [-0.4, -0.2) is 24.5 Å². The third-order valence-corrected chi connectivity index (χ3v) is 4.74. The lowest BCUT2D eigenvalue weighted by Crippen LogP contribution is -2.39. The molecular formula is C16H25BrN2. The third kappa shape index (κ3) is 4.04. The fourth-order valence-electron chi connectivity index (χ4n) is 3.17. The number of hydrogen-bond donors (Lipinski definition) is 1. The van der Waals surface area contributed by atoms with Crippen molar-refractivity contribution in [3.8, 4) is 0 Å². The monoisotopic (exact) mass is 324 g/mol. The van der Waals surface area contributed by atoms with Gasteiger partial charge in [0.25, 0.3) is 0 Å². The summed E-state index contributed by atoms with van der Waals surface area (Å²) in [6, 6.07) is 8.95. The number of piperidine rings is 1. The summed E-state index contributed by atoms with van der Waals surface area (Å²) in [5, 5.41) is 0. The van der Waals surface area contributed by atoms with Crippen molar-refractivity contribution in [1.82, 2.24) is 4.90 Å². The molecule has 1 fully saturated rings. The van der Waals surface area contributed by atoms with Crippen molar-refractivity contribution in [1.29, 1.82) is 0 Å². The van der Waals surface area contributed by atoms with Crippen LogP contribution < -0.4 is 5.73 Å². The van der Waals surface area contributed by atoms with Crippen LogP contribution in [0.4, 0.5) is 0 Å². The van der Waals surface area contributed by atoms with Gasteiger partial charge in [0, 0.05) is 17.1 Å². The van der Waals surface area contributed by atoms with Gasteiger partial charge in [-0.2, -0.15) is 0 Å². The molecule has 0 bridgehead atoms. The fourth-order valence-corrected chi connectivity index (χ4v) is 3.59. The van der Waals surface area contributed by atoms with E-state index in [1.165, 1.54) is 44.3 Å². The number of hydrogen-bond acceptors (Lipinski definition) is 2. The molecule has 1 unspecified atom stereocenters. The summed E-state index contributed by atoms with van der Waals surface area (Å²) in [5.41, 5.74) is 7.36. The van der Waals surface area contributed by atoms with Crippen LogP contribution in [0.3, 0.4) is 0 Å². The second kappa shape index (κ2) is 7.41. The lowest BCUT2D eigenvalue weighted by molar-refractivity contribution is 0.131. The first-order chi connectivity index (χ1) is 9.24. The molecule has 0 aliphatic carbocycles. The zero-order valence-corrected chi connectivity index (χ0v) is 13.4. The van der Waals surface area contributed by atoms with Crippen LogP contribution in [0.5, 0.6) is 0 Å². The molecule has 1 saturated heterocycles. The molecule has 1 aliphatic rings. The Kier molecular flexibility index (Phi) is 5.86. The van der Waals surface area contributed by atoms with Crippen molar-refractivity contribution < 1.29 is 0 Å². The SMILES string of the molecule is CCCC1CCN(C(CN)c2cccc(Br)c2)CC1. The van der Waals surface area contributed by atoms with Crippen molar-refractivity contribution in [3.63, 3.8) is 0 Å². The molecule has 1 aliphatic heterocycles. The van der Waals surface area contributed by atoms with Crippen molar-refractivity contribution in [3.05, 3.63) is 34.3 Å². The van der Waals surface area contributed by atoms with Gasteiger partial charge < -0.3 is 5.73 Å². The zero-order chi connectivity index (χ0) is 13.7. The molecule has 0 radical (unpaired) electrons. The highest BCUT2D eigenvalue weighted by Gasteiger charge is 2.24. The molecule has 1 atom stereocenters. The minimum atomic E-state index is 0.375. The van der Waals surface area contributed by atoms with Crippen LogP contribution in [-0.2, 0) is 0 Å². The van der Waals surface area contributed by atoms with Gasteiger partial charge in [-0.25, -0.2) is 0 Å². The molecule has 3 heteroatoms. The number of nitrogens with zero attached hydrogens (tertiary/aromatic N) is 1. The van der Waals surface area contributed by atoms with E-state index in [1.807, 2.05) is 0 Å². The molecule has 1 heterocycles. The molecule has 0 saturated carbocycles. The number of likely N-dealkylation sites (tertiary alicyclic amines) is 1. The second-order valence-corrected chi connectivity index (χ2v) is 6.49. The van der Waals surface area contributed by atoms with Crippen LogP contribution >= 0.6 is 15.9 Å². The van der Waals surface area contributed by atoms with Gasteiger partial charge in [0.1, 0.15) is 0 Å². The van der Waals surface area contributed by atoms with Crippen molar-refractivity contribution >= 4 is 15.9 Å². The molecule has 2 rings (SSSR count). The van der Waals surface area contributed by atoms with E-state index in [0.717, 1.165) is 10.4 Å². The summed E-state index contributed by atoms with van der Waals surface area (Å²) in [6.45, 7) is 5.38. The number of rotatable bonds is 5. The van der Waals surface area contributed by atoms with Gasteiger partial charge >= 0.3 is 0 Å². The largest absolute Gasteiger partial charge is 0.329 e. The lowest BCUT2D eigenvalue weighted by Gasteiger charge is -2.37. The van der Waals surface area contributed by atoms with E-state index in [1.54, 1.807) is 0 Å². The van der Waals surface area contributed by atoms with E-state index < -0.39 is 0 Å². The molecule has 106 valence electrons. The fraction of sp³-hybridized carbons (Fsp3) is 0.625. The Morgan fingerprint density at radius 1 is 1.37 bits per heavy atom. The molecule has 1 aromatic rings. The first-order valence-electron chi connectivity index (χ1n) is 7.44. The maximum Gasteiger partial charge on any atom is 0.0470 e. The summed E-state index contributed by atoms with van der Waals surface area (Å²) in [4.78, 5) is 2.56. The predicted octanol–water partition coefficient (Wildman–Crippen LogP) is 3.96. The maximum absolute atomic E-state index is 6.02. The normalized spacial score (nSPS) is 19.5. The van der Waals surface area contributed by atoms with E-state index in [2.05, 4.69) is 52.0 Å². The number of halogens is 1. The summed E-state index contributed by atoms with van der Waals surface area (Å²) >= 11 is 3.55. The van der Waals surface area contributed by atoms with E-state index in [0.29, 0.717) is 12.6 Å². The molecule has 1 aromatic carbocycles. The van der Waals surface area contributed by atoms with Crippen molar-refractivity contribution in [2.24, 2.45) is 11.7 Å². The Morgan fingerprint density at radius 2 is 2.11 bits per heavy atom. The van der Waals surface area contributed by atoms with Crippen LogP contribution in [0.2, 0.25) is 0 Å². The Bertz CT molecular complexity index is 386. The zero-order valence-electron chi connectivity index (χ0n) is 11.8. The van der Waals surface area contributed by atoms with Crippen molar-refractivity contribution in [2.45, 2.75) is 38.6 Å². The molecule has 0 spiro atoms. The van der Waals surface area contributed by atoms with Gasteiger partial charge in [0.15, 0.2) is 0 Å². The highest BCUT2D eigenvalue weighted by Crippen LogP contribution is 2.29. The summed E-state index contributed by atoms with van der Waals surface area (Å²) in [7, 11) is 0. The minimum absolute atomic E-state index is 0.375. The highest BCUT2D eigenvalue weighted by atomic mass is 79.9. The standard InChI is InChI=1S/C16H25BrN2/c1-2-4-13-7-9-19(10-8-13)16(12-18)14-5-3-6-15(17)11-14/h3,5-6,11,13,16H,2,4,7-10,12,18H2,1H3. The van der Waals surface area contributed by atoms with Crippen LogP contribution in [0.15, 0.2) is 28.7 Å². The average Bonchev–Trinajstić information content (AvgIpc) is 2.42. The van der Waals surface area contributed by atoms with Gasteiger partial charge in [0.2, 0.25) is 0 Å². The Morgan fingerprint density at radius 3 is 2.68 bits per heavy atom. The second-order valence-electron chi connectivity index (χ2n) is 5.57. The van der Waals surface area contributed by atoms with Gasteiger partial charge in [-0.05, 0) is 49.5 Å². The Labute approximate surface area is 125 Å². The average molecular weight is 325 g/mol. The van der Waals surface area contributed by atoms with Crippen molar-refractivity contribution in [2.75, 3.05) is 19.6 Å². The first-order valence-corrected chi connectivity index (χ1v) is 8.23. The molecule has 0 aromatic heterocycles. The van der Waals surface area contributed by atoms with Crippen LogP contribution in [0.1, 0.15) is 44.2 Å². The van der Waals surface area contributed by atoms with Gasteiger partial charge in [-0.1, -0.05) is 47.8 Å². The highest BCUT2D eigenvalue weighted by molar-refractivity contribution is 9.10. The lowest BCUT2D eigenvalue weighted by atomic mass is 9.91. The summed E-state index contributed by atoms with van der Waals surface area (Å²) in [6.07, 6.45) is 5.37. The Hall–Kier alpha value is -0.380. The number of benzene rings is 1. The molecule has 2 nitrogen and oxygen atoms in total. The van der Waals surface area contributed by atoms with E-state index in [9.17, 15) is 0 Å². The maximum atomic E-state index is 6.02. The summed E-state index contributed by atoms with van der Waals surface area (Å²) < 4.78 is 1.14. The first kappa shape index (κ1) is 15.0. The smallest absolute Gasteiger partial charge is 0.0470 e. The van der Waals surface area contributed by atoms with Crippen LogP contribution in [0.25, 0.3) is 0 Å². The van der Waals surface area contributed by atoms with Crippen LogP contribution in [0, 0.1) is 5.92 Å². The topological polar surface area (TPSA) is 29.3 Å². The molecule has 0 amide bonds. The molecular weight excluding hydrogens is 300 g/mol. The quantitative estimate of drug-likeness (QED) is 0.888. The third-order valence-electron chi connectivity index (χ3n) is 4.24. The van der Waals surface area contributed by atoms with E-state index >= 15 is 0 Å².